The van der Waals surface area contributed by atoms with Crippen molar-refractivity contribution >= 4 is 25.1 Å². The van der Waals surface area contributed by atoms with Crippen LogP contribution in [-0.2, 0) is 4.43 Å². The molecule has 2 aromatic rings. The number of hydrogen-bond acceptors (Lipinski definition) is 2. The van der Waals surface area contributed by atoms with Gasteiger partial charge in [-0.15, -0.1) is 0 Å². The Balaban J connectivity index is 1.88. The standard InChI is InChI=1S/C22H33NO2Si/c1-7-18(15-17-25-26(5,6)22(2,3)4)12-13-21(24)23-16-14-19-10-8-9-11-20(19)23/h7-11,14,16H,12-13,15,17H2,1-6H3/b18-7-. The van der Waals surface area contributed by atoms with E-state index in [1.807, 2.05) is 36.5 Å². The van der Waals surface area contributed by atoms with Crippen molar-refractivity contribution < 1.29 is 9.22 Å². The lowest BCUT2D eigenvalue weighted by Crippen LogP contribution is -2.41. The summed E-state index contributed by atoms with van der Waals surface area (Å²) in [4.78, 5) is 12.6. The molecule has 1 aromatic carbocycles. The van der Waals surface area contributed by atoms with E-state index in [0.717, 1.165) is 30.4 Å². The number of nitrogens with zero attached hydrogens (tertiary/aromatic N) is 1. The van der Waals surface area contributed by atoms with Crippen molar-refractivity contribution in [3.05, 3.63) is 48.2 Å². The Morgan fingerprint density at radius 3 is 2.46 bits per heavy atom. The van der Waals surface area contributed by atoms with E-state index in [1.54, 1.807) is 4.57 Å². The van der Waals surface area contributed by atoms with Crippen molar-refractivity contribution in [3.63, 3.8) is 0 Å². The van der Waals surface area contributed by atoms with Gasteiger partial charge < -0.3 is 4.43 Å². The Morgan fingerprint density at radius 2 is 1.81 bits per heavy atom. The molecule has 0 saturated heterocycles. The molecule has 0 N–H and O–H groups in total. The van der Waals surface area contributed by atoms with Crippen LogP contribution in [0.3, 0.4) is 0 Å². The molecule has 1 aromatic heterocycles. The highest BCUT2D eigenvalue weighted by Gasteiger charge is 2.36. The van der Waals surface area contributed by atoms with Gasteiger partial charge in [0.2, 0.25) is 5.91 Å². The first-order valence-electron chi connectivity index (χ1n) is 9.53. The van der Waals surface area contributed by atoms with Crippen LogP contribution in [0.5, 0.6) is 0 Å². The second kappa shape index (κ2) is 8.36. The minimum atomic E-state index is -1.70. The van der Waals surface area contributed by atoms with Crippen LogP contribution < -0.4 is 0 Å². The summed E-state index contributed by atoms with van der Waals surface area (Å²) in [6.07, 6.45) is 6.24. The molecule has 0 aliphatic rings. The number of fused-ring (bicyclic) bond motifs is 1. The lowest BCUT2D eigenvalue weighted by Gasteiger charge is -2.36. The molecule has 0 fully saturated rings. The van der Waals surface area contributed by atoms with Crippen LogP contribution in [0, 0.1) is 0 Å². The van der Waals surface area contributed by atoms with E-state index < -0.39 is 8.32 Å². The SMILES string of the molecule is C/C=C(\CCO[Si](C)(C)C(C)(C)C)CCC(=O)n1ccc2ccccc21. The third-order valence-electron chi connectivity index (χ3n) is 5.63. The second-order valence-electron chi connectivity index (χ2n) is 8.44. The van der Waals surface area contributed by atoms with Gasteiger partial charge in [0.25, 0.3) is 0 Å². The molecule has 0 aliphatic heterocycles. The van der Waals surface area contributed by atoms with Gasteiger partial charge in [0, 0.05) is 24.6 Å². The molecule has 3 nitrogen and oxygen atoms in total. The highest BCUT2D eigenvalue weighted by atomic mass is 28.4. The molecule has 0 aliphatic carbocycles. The fraction of sp³-hybridized carbons (Fsp3) is 0.500. The molecule has 2 rings (SSSR count). The number of carbonyl (C=O) groups excluding carboxylic acids is 1. The Kier molecular flexibility index (Phi) is 6.64. The Labute approximate surface area is 159 Å². The van der Waals surface area contributed by atoms with Gasteiger partial charge in [-0.25, -0.2) is 0 Å². The highest BCUT2D eigenvalue weighted by Crippen LogP contribution is 2.36. The maximum Gasteiger partial charge on any atom is 0.231 e. The largest absolute Gasteiger partial charge is 0.417 e. The smallest absolute Gasteiger partial charge is 0.231 e. The molecular formula is C22H33NO2Si. The first-order valence-corrected chi connectivity index (χ1v) is 12.4. The quantitative estimate of drug-likeness (QED) is 0.415. The van der Waals surface area contributed by atoms with Crippen LogP contribution in [-0.4, -0.2) is 25.4 Å². The Morgan fingerprint density at radius 1 is 1.12 bits per heavy atom. The molecular weight excluding hydrogens is 338 g/mol. The zero-order valence-electron chi connectivity index (χ0n) is 17.1. The molecule has 0 radical (unpaired) electrons. The van der Waals surface area contributed by atoms with Gasteiger partial charge in [-0.2, -0.15) is 0 Å². The summed E-state index contributed by atoms with van der Waals surface area (Å²) < 4.78 is 8.04. The first kappa shape index (κ1) is 20.7. The maximum atomic E-state index is 12.6. The Bertz CT molecular complexity index is 781. The first-order chi connectivity index (χ1) is 12.2. The fourth-order valence-electron chi connectivity index (χ4n) is 2.76. The van der Waals surface area contributed by atoms with Gasteiger partial charge in [-0.3, -0.25) is 9.36 Å². The average molecular weight is 372 g/mol. The van der Waals surface area contributed by atoms with Crippen molar-refractivity contribution in [3.8, 4) is 0 Å². The zero-order chi connectivity index (χ0) is 19.4. The minimum Gasteiger partial charge on any atom is -0.417 e. The van der Waals surface area contributed by atoms with Gasteiger partial charge in [0.1, 0.15) is 0 Å². The van der Waals surface area contributed by atoms with Crippen LogP contribution in [0.2, 0.25) is 18.1 Å². The number of carbonyl (C=O) groups is 1. The van der Waals surface area contributed by atoms with Crippen molar-refractivity contribution in [2.24, 2.45) is 0 Å². The Hall–Kier alpha value is -1.65. The fourth-order valence-corrected chi connectivity index (χ4v) is 3.80. The monoisotopic (exact) mass is 371 g/mol. The van der Waals surface area contributed by atoms with E-state index in [1.165, 1.54) is 5.57 Å². The summed E-state index contributed by atoms with van der Waals surface area (Å²) in [7, 11) is -1.70. The van der Waals surface area contributed by atoms with E-state index >= 15 is 0 Å². The number of aromatic nitrogens is 1. The molecule has 142 valence electrons. The average Bonchev–Trinajstić information content (AvgIpc) is 3.00. The zero-order valence-corrected chi connectivity index (χ0v) is 18.1. The summed E-state index contributed by atoms with van der Waals surface area (Å²) in [6.45, 7) is 14.1. The van der Waals surface area contributed by atoms with Crippen molar-refractivity contribution in [1.29, 1.82) is 0 Å². The molecule has 0 amide bonds. The van der Waals surface area contributed by atoms with Crippen LogP contribution in [0.1, 0.15) is 51.8 Å². The van der Waals surface area contributed by atoms with E-state index in [0.29, 0.717) is 6.42 Å². The molecule has 0 unspecified atom stereocenters. The maximum absolute atomic E-state index is 12.6. The van der Waals surface area contributed by atoms with Gasteiger partial charge >= 0.3 is 0 Å². The third-order valence-corrected chi connectivity index (χ3v) is 10.2. The topological polar surface area (TPSA) is 31.2 Å². The number of allylic oxidation sites excluding steroid dienone is 1. The molecule has 0 bridgehead atoms. The number of hydrogen-bond donors (Lipinski definition) is 0. The van der Waals surface area contributed by atoms with Crippen LogP contribution in [0.15, 0.2) is 48.2 Å². The van der Waals surface area contributed by atoms with Crippen molar-refractivity contribution in [2.45, 2.75) is 65.1 Å². The minimum absolute atomic E-state index is 0.149. The van der Waals surface area contributed by atoms with Gasteiger partial charge in [-0.05, 0) is 50.0 Å². The summed E-state index contributed by atoms with van der Waals surface area (Å²) in [5.41, 5.74) is 2.29. The highest BCUT2D eigenvalue weighted by molar-refractivity contribution is 6.74. The van der Waals surface area contributed by atoms with Gasteiger partial charge in [-0.1, -0.05) is 50.6 Å². The number of benzene rings is 1. The van der Waals surface area contributed by atoms with Crippen LogP contribution in [0.25, 0.3) is 10.9 Å². The summed E-state index contributed by atoms with van der Waals surface area (Å²) in [5, 5.41) is 1.34. The van der Waals surface area contributed by atoms with E-state index in [9.17, 15) is 4.79 Å². The van der Waals surface area contributed by atoms with Gasteiger partial charge in [0.05, 0.1) is 5.52 Å². The lowest BCUT2D eigenvalue weighted by atomic mass is 10.1. The summed E-state index contributed by atoms with van der Waals surface area (Å²) >= 11 is 0. The predicted molar refractivity (Wildman–Crippen MR) is 113 cm³/mol. The van der Waals surface area contributed by atoms with Crippen LogP contribution >= 0.6 is 0 Å². The van der Waals surface area contributed by atoms with Crippen molar-refractivity contribution in [1.82, 2.24) is 4.57 Å². The number of para-hydroxylation sites is 1. The van der Waals surface area contributed by atoms with E-state index in [4.69, 9.17) is 4.43 Å². The third kappa shape index (κ3) is 4.95. The second-order valence-corrected chi connectivity index (χ2v) is 13.3. The molecule has 0 saturated carbocycles. The predicted octanol–water partition coefficient (Wildman–Crippen LogP) is 6.42. The molecule has 4 heteroatoms. The lowest BCUT2D eigenvalue weighted by molar-refractivity contribution is 0.0907. The number of rotatable bonds is 7. The van der Waals surface area contributed by atoms with Gasteiger partial charge in [0.15, 0.2) is 8.32 Å². The summed E-state index contributed by atoms with van der Waals surface area (Å²) in [6, 6.07) is 10.0. The van der Waals surface area contributed by atoms with E-state index in [-0.39, 0.29) is 10.9 Å². The molecule has 1 heterocycles. The molecule has 0 spiro atoms. The summed E-state index contributed by atoms with van der Waals surface area (Å²) in [5.74, 6) is 0.149. The van der Waals surface area contributed by atoms with Crippen molar-refractivity contribution in [2.75, 3.05) is 6.61 Å². The normalized spacial score (nSPS) is 13.4. The van der Waals surface area contributed by atoms with E-state index in [2.05, 4.69) is 46.9 Å². The molecule has 26 heavy (non-hydrogen) atoms. The molecule has 0 atom stereocenters. The van der Waals surface area contributed by atoms with Crippen LogP contribution in [0.4, 0.5) is 0 Å².